The molecule has 1 aromatic carbocycles. The van der Waals surface area contributed by atoms with Gasteiger partial charge in [-0.3, -0.25) is 0 Å². The lowest BCUT2D eigenvalue weighted by atomic mass is 10.1. The van der Waals surface area contributed by atoms with Crippen LogP contribution in [0.2, 0.25) is 0 Å². The number of hydrogen-bond acceptors (Lipinski definition) is 3. The molecule has 0 amide bonds. The Balaban J connectivity index is 1.84. The highest BCUT2D eigenvalue weighted by molar-refractivity contribution is 7.99. The van der Waals surface area contributed by atoms with E-state index in [1.807, 2.05) is 11.8 Å². The topological polar surface area (TPSA) is 35.2 Å². The van der Waals surface area contributed by atoms with Crippen molar-refractivity contribution in [3.8, 4) is 0 Å². The highest BCUT2D eigenvalue weighted by Gasteiger charge is 2.15. The molecule has 0 spiro atoms. The van der Waals surface area contributed by atoms with Crippen molar-refractivity contribution in [1.82, 2.24) is 0 Å². The maximum absolute atomic E-state index is 5.99. The number of ether oxygens (including phenoxy) is 1. The van der Waals surface area contributed by atoms with Gasteiger partial charge in [-0.15, -0.1) is 11.8 Å². The molecule has 2 N–H and O–H groups in total. The van der Waals surface area contributed by atoms with E-state index >= 15 is 0 Å². The summed E-state index contributed by atoms with van der Waals surface area (Å²) in [6.45, 7) is 3.06. The number of rotatable bonds is 5. The average molecular weight is 251 g/mol. The quantitative estimate of drug-likeness (QED) is 0.815. The van der Waals surface area contributed by atoms with Crippen LogP contribution in [0.15, 0.2) is 29.2 Å². The van der Waals surface area contributed by atoms with Crippen LogP contribution in [0.25, 0.3) is 0 Å². The highest BCUT2D eigenvalue weighted by Crippen LogP contribution is 2.25. The molecule has 1 aromatic rings. The molecule has 94 valence electrons. The van der Waals surface area contributed by atoms with Gasteiger partial charge in [0.25, 0.3) is 0 Å². The predicted molar refractivity (Wildman–Crippen MR) is 73.4 cm³/mol. The fourth-order valence-electron chi connectivity index (χ4n) is 2.01. The highest BCUT2D eigenvalue weighted by atomic mass is 32.2. The van der Waals surface area contributed by atoms with Crippen molar-refractivity contribution in [2.75, 3.05) is 12.4 Å². The normalized spacial score (nSPS) is 21.6. The SMILES string of the molecule is CCC(N)c1ccc(SCC2CCCO2)cc1. The van der Waals surface area contributed by atoms with Gasteiger partial charge in [-0.05, 0) is 37.0 Å². The number of nitrogens with two attached hydrogens (primary N) is 1. The number of hydrogen-bond donors (Lipinski definition) is 1. The molecule has 0 radical (unpaired) electrons. The average Bonchev–Trinajstić information content (AvgIpc) is 2.89. The maximum atomic E-state index is 5.99. The summed E-state index contributed by atoms with van der Waals surface area (Å²) in [6.07, 6.45) is 3.88. The lowest BCUT2D eigenvalue weighted by Gasteiger charge is -2.11. The Morgan fingerprint density at radius 1 is 1.41 bits per heavy atom. The van der Waals surface area contributed by atoms with Crippen molar-refractivity contribution in [3.63, 3.8) is 0 Å². The second kappa shape index (κ2) is 6.43. The Morgan fingerprint density at radius 3 is 2.76 bits per heavy atom. The Hall–Kier alpha value is -0.510. The van der Waals surface area contributed by atoms with E-state index in [-0.39, 0.29) is 6.04 Å². The molecular weight excluding hydrogens is 230 g/mol. The van der Waals surface area contributed by atoms with Gasteiger partial charge >= 0.3 is 0 Å². The molecule has 2 atom stereocenters. The van der Waals surface area contributed by atoms with Gasteiger partial charge in [0.15, 0.2) is 0 Å². The van der Waals surface area contributed by atoms with Crippen molar-refractivity contribution in [2.24, 2.45) is 5.73 Å². The van der Waals surface area contributed by atoms with Crippen LogP contribution >= 0.6 is 11.8 Å². The molecular formula is C14H21NOS. The molecule has 2 rings (SSSR count). The summed E-state index contributed by atoms with van der Waals surface area (Å²) in [7, 11) is 0. The third kappa shape index (κ3) is 3.73. The van der Waals surface area contributed by atoms with Gasteiger partial charge in [0.05, 0.1) is 6.10 Å². The molecule has 3 heteroatoms. The first-order valence-corrected chi connectivity index (χ1v) is 7.38. The molecule has 1 heterocycles. The van der Waals surface area contributed by atoms with Crippen LogP contribution < -0.4 is 5.73 Å². The second-order valence-electron chi connectivity index (χ2n) is 4.53. The van der Waals surface area contributed by atoms with Crippen molar-refractivity contribution in [2.45, 2.75) is 43.2 Å². The van der Waals surface area contributed by atoms with Crippen LogP contribution in [-0.2, 0) is 4.74 Å². The van der Waals surface area contributed by atoms with E-state index in [1.54, 1.807) is 0 Å². The van der Waals surface area contributed by atoms with E-state index in [1.165, 1.54) is 23.3 Å². The van der Waals surface area contributed by atoms with Crippen LogP contribution in [0.3, 0.4) is 0 Å². The van der Waals surface area contributed by atoms with Crippen LogP contribution in [-0.4, -0.2) is 18.5 Å². The zero-order valence-corrected chi connectivity index (χ0v) is 11.2. The van der Waals surface area contributed by atoms with Crippen LogP contribution in [0.5, 0.6) is 0 Å². The van der Waals surface area contributed by atoms with E-state index in [0.29, 0.717) is 6.10 Å². The lowest BCUT2D eigenvalue weighted by Crippen LogP contribution is -2.08. The molecule has 2 nitrogen and oxygen atoms in total. The summed E-state index contributed by atoms with van der Waals surface area (Å²) in [5, 5.41) is 0. The number of benzene rings is 1. The first-order valence-electron chi connectivity index (χ1n) is 6.39. The van der Waals surface area contributed by atoms with Crippen molar-refractivity contribution in [1.29, 1.82) is 0 Å². The second-order valence-corrected chi connectivity index (χ2v) is 5.62. The van der Waals surface area contributed by atoms with Gasteiger partial charge in [0.2, 0.25) is 0 Å². The fraction of sp³-hybridized carbons (Fsp3) is 0.571. The van der Waals surface area contributed by atoms with Crippen molar-refractivity contribution >= 4 is 11.8 Å². The molecule has 0 aliphatic carbocycles. The third-order valence-corrected chi connectivity index (χ3v) is 4.35. The Labute approximate surface area is 108 Å². The Morgan fingerprint density at radius 2 is 2.18 bits per heavy atom. The van der Waals surface area contributed by atoms with E-state index in [9.17, 15) is 0 Å². The molecule has 0 saturated carbocycles. The summed E-state index contributed by atoms with van der Waals surface area (Å²) in [6, 6.07) is 8.81. The van der Waals surface area contributed by atoms with Crippen LogP contribution in [0.4, 0.5) is 0 Å². The molecule has 0 bridgehead atoms. The first kappa shape index (κ1) is 12.9. The zero-order valence-electron chi connectivity index (χ0n) is 10.4. The summed E-state index contributed by atoms with van der Waals surface area (Å²) in [4.78, 5) is 1.31. The molecule has 1 saturated heterocycles. The molecule has 2 unspecified atom stereocenters. The minimum Gasteiger partial charge on any atom is -0.377 e. The molecule has 1 aliphatic heterocycles. The third-order valence-electron chi connectivity index (χ3n) is 3.21. The summed E-state index contributed by atoms with van der Waals surface area (Å²) >= 11 is 1.88. The van der Waals surface area contributed by atoms with Crippen LogP contribution in [0, 0.1) is 0 Å². The van der Waals surface area contributed by atoms with E-state index < -0.39 is 0 Å². The molecule has 0 aromatic heterocycles. The first-order chi connectivity index (χ1) is 8.29. The molecule has 1 fully saturated rings. The largest absolute Gasteiger partial charge is 0.377 e. The summed E-state index contributed by atoms with van der Waals surface area (Å²) < 4.78 is 5.61. The monoisotopic (exact) mass is 251 g/mol. The summed E-state index contributed by atoms with van der Waals surface area (Å²) in [5.74, 6) is 1.07. The van der Waals surface area contributed by atoms with Gasteiger partial charge in [0, 0.05) is 23.3 Å². The minimum absolute atomic E-state index is 0.173. The molecule has 17 heavy (non-hydrogen) atoms. The smallest absolute Gasteiger partial charge is 0.0669 e. The molecule has 1 aliphatic rings. The van der Waals surface area contributed by atoms with Gasteiger partial charge in [-0.25, -0.2) is 0 Å². The van der Waals surface area contributed by atoms with Crippen molar-refractivity contribution in [3.05, 3.63) is 29.8 Å². The van der Waals surface area contributed by atoms with Gasteiger partial charge in [0.1, 0.15) is 0 Å². The van der Waals surface area contributed by atoms with Crippen LogP contribution in [0.1, 0.15) is 37.8 Å². The standard InChI is InChI=1S/C14H21NOS/c1-2-14(15)11-5-7-13(8-6-11)17-10-12-4-3-9-16-12/h5-8,12,14H,2-4,9-10,15H2,1H3. The fourth-order valence-corrected chi connectivity index (χ4v) is 2.98. The van der Waals surface area contributed by atoms with Crippen molar-refractivity contribution < 1.29 is 4.74 Å². The van der Waals surface area contributed by atoms with Gasteiger partial charge in [-0.1, -0.05) is 19.1 Å². The minimum atomic E-state index is 0.173. The Kier molecular flexibility index (Phi) is 4.89. The van der Waals surface area contributed by atoms with Gasteiger partial charge < -0.3 is 10.5 Å². The lowest BCUT2D eigenvalue weighted by molar-refractivity contribution is 0.129. The predicted octanol–water partition coefficient (Wildman–Crippen LogP) is 3.37. The van der Waals surface area contributed by atoms with E-state index in [4.69, 9.17) is 10.5 Å². The van der Waals surface area contributed by atoms with E-state index in [2.05, 4.69) is 31.2 Å². The summed E-state index contributed by atoms with van der Waals surface area (Å²) in [5.41, 5.74) is 7.22. The van der Waals surface area contributed by atoms with E-state index in [0.717, 1.165) is 18.8 Å². The number of thioether (sulfide) groups is 1. The Bertz CT molecular complexity index is 333. The maximum Gasteiger partial charge on any atom is 0.0669 e. The zero-order chi connectivity index (χ0) is 12.1. The van der Waals surface area contributed by atoms with Gasteiger partial charge in [-0.2, -0.15) is 0 Å².